The lowest BCUT2D eigenvalue weighted by Gasteiger charge is -2.20. The molecule has 1 amide bonds. The number of carbonyl (C=O) groups excluding carboxylic acids is 2. The summed E-state index contributed by atoms with van der Waals surface area (Å²) in [5, 5.41) is 23.3. The first-order chi connectivity index (χ1) is 40.5. The summed E-state index contributed by atoms with van der Waals surface area (Å²) < 4.78 is 5.49. The molecule has 0 rings (SSSR count). The molecule has 0 aliphatic heterocycles. The van der Waals surface area contributed by atoms with Crippen LogP contribution in [0.15, 0.2) is 24.3 Å². The lowest BCUT2D eigenvalue weighted by molar-refractivity contribution is -0.143. The minimum absolute atomic E-state index is 0.0197. The molecule has 3 N–H and O–H groups in total. The number of aliphatic hydroxyl groups excluding tert-OH is 2. The molecule has 2 unspecified atom stereocenters. The van der Waals surface area contributed by atoms with Crippen molar-refractivity contribution in [3.8, 4) is 0 Å². The van der Waals surface area contributed by atoms with E-state index in [0.29, 0.717) is 19.4 Å². The fraction of sp³-hybridized carbons (Fsp3) is 0.921. The first-order valence-corrected chi connectivity index (χ1v) is 37.6. The Bertz CT molecular complexity index is 1280. The second-order valence-electron chi connectivity index (χ2n) is 26.0. The maximum Gasteiger partial charge on any atom is 0.305 e. The van der Waals surface area contributed by atoms with Crippen molar-refractivity contribution in [2.24, 2.45) is 0 Å². The van der Waals surface area contributed by atoms with Crippen molar-refractivity contribution >= 4 is 11.9 Å². The topological polar surface area (TPSA) is 95.9 Å². The molecule has 0 aromatic carbocycles. The van der Waals surface area contributed by atoms with Gasteiger partial charge >= 0.3 is 5.97 Å². The van der Waals surface area contributed by atoms with Crippen LogP contribution in [0.3, 0.4) is 0 Å². The Morgan fingerprint density at radius 3 is 0.866 bits per heavy atom. The quantitative estimate of drug-likeness (QED) is 0.0320. The highest BCUT2D eigenvalue weighted by Crippen LogP contribution is 2.19. The van der Waals surface area contributed by atoms with E-state index in [4.69, 9.17) is 4.74 Å². The zero-order chi connectivity index (χ0) is 59.2. The number of hydrogen-bond donors (Lipinski definition) is 3. The van der Waals surface area contributed by atoms with Crippen molar-refractivity contribution in [1.29, 1.82) is 0 Å². The van der Waals surface area contributed by atoms with Crippen molar-refractivity contribution < 1.29 is 24.5 Å². The zero-order valence-corrected chi connectivity index (χ0v) is 55.8. The third-order valence-electron chi connectivity index (χ3n) is 17.7. The summed E-state index contributed by atoms with van der Waals surface area (Å²) in [5.41, 5.74) is 0. The molecular formula is C76H147NO5. The summed E-state index contributed by atoms with van der Waals surface area (Å²) in [5.74, 6) is -0.0416. The maximum atomic E-state index is 12.5. The Morgan fingerprint density at radius 2 is 0.573 bits per heavy atom. The monoisotopic (exact) mass is 1150 g/mol. The second-order valence-corrected chi connectivity index (χ2v) is 26.0. The van der Waals surface area contributed by atoms with E-state index in [-0.39, 0.29) is 18.5 Å². The van der Waals surface area contributed by atoms with Gasteiger partial charge in [0.15, 0.2) is 0 Å². The van der Waals surface area contributed by atoms with Gasteiger partial charge in [-0.1, -0.05) is 378 Å². The average molecular weight is 1160 g/mol. The molecule has 0 saturated carbocycles. The highest BCUT2D eigenvalue weighted by molar-refractivity contribution is 5.76. The van der Waals surface area contributed by atoms with Crippen LogP contribution in [0.2, 0.25) is 0 Å². The van der Waals surface area contributed by atoms with Crippen molar-refractivity contribution in [2.45, 2.75) is 437 Å². The third-order valence-corrected chi connectivity index (χ3v) is 17.7. The second kappa shape index (κ2) is 71.8. The molecule has 0 spiro atoms. The molecule has 0 radical (unpaired) electrons. The van der Waals surface area contributed by atoms with Crippen LogP contribution in [0.25, 0.3) is 0 Å². The molecule has 2 atom stereocenters. The highest BCUT2D eigenvalue weighted by atomic mass is 16.5. The minimum atomic E-state index is -0.844. The first-order valence-electron chi connectivity index (χ1n) is 37.6. The number of aliphatic hydroxyl groups is 2. The molecule has 0 aromatic heterocycles. The Labute approximate surface area is 513 Å². The van der Waals surface area contributed by atoms with Gasteiger partial charge in [0, 0.05) is 12.8 Å². The number of ether oxygens (including phenoxy) is 1. The van der Waals surface area contributed by atoms with E-state index >= 15 is 0 Å². The third kappa shape index (κ3) is 67.5. The van der Waals surface area contributed by atoms with Crippen LogP contribution < -0.4 is 5.32 Å². The largest absolute Gasteiger partial charge is 0.466 e. The number of rotatable bonds is 71. The standard InChI is InChI=1S/C76H147NO5/c1-3-5-7-9-11-13-15-17-18-19-20-32-35-38-41-45-48-52-56-60-64-68-74(79)73(72-78)77-75(80)69-65-61-57-53-49-46-42-39-36-33-30-28-26-24-22-21-23-25-27-29-31-34-37-40-43-47-51-55-59-63-67-71-82-76(81)70-66-62-58-54-50-44-16-14-12-10-8-6-4-2/h23,25,64,68,73-74,78-79H,3-22,24,26-63,65-67,69-72H2,1-2H3,(H,77,80)/b25-23-,68-64+. The Hall–Kier alpha value is -1.66. The van der Waals surface area contributed by atoms with Gasteiger partial charge in [-0.05, 0) is 57.8 Å². The molecule has 6 heteroatoms. The summed E-state index contributed by atoms with van der Waals surface area (Å²) in [6.45, 7) is 4.95. The van der Waals surface area contributed by atoms with E-state index in [1.807, 2.05) is 6.08 Å². The number of unbranched alkanes of at least 4 members (excludes halogenated alkanes) is 58. The van der Waals surface area contributed by atoms with Gasteiger partial charge < -0.3 is 20.3 Å². The lowest BCUT2D eigenvalue weighted by atomic mass is 10.0. The molecule has 0 aromatic rings. The van der Waals surface area contributed by atoms with E-state index in [2.05, 4.69) is 31.3 Å². The molecule has 0 heterocycles. The fourth-order valence-corrected chi connectivity index (χ4v) is 12.0. The molecule has 0 aliphatic carbocycles. The van der Waals surface area contributed by atoms with E-state index in [1.165, 1.54) is 360 Å². The fourth-order valence-electron chi connectivity index (χ4n) is 12.0. The number of esters is 1. The van der Waals surface area contributed by atoms with Crippen molar-refractivity contribution in [2.75, 3.05) is 13.2 Å². The Kier molecular flexibility index (Phi) is 70.4. The van der Waals surface area contributed by atoms with E-state index < -0.39 is 12.1 Å². The summed E-state index contributed by atoms with van der Waals surface area (Å²) in [6.07, 6.45) is 91.4. The van der Waals surface area contributed by atoms with Crippen LogP contribution >= 0.6 is 0 Å². The Balaban J connectivity index is 3.38. The highest BCUT2D eigenvalue weighted by Gasteiger charge is 2.18. The molecule has 0 saturated heterocycles. The van der Waals surface area contributed by atoms with Gasteiger partial charge in [0.2, 0.25) is 5.91 Å². The van der Waals surface area contributed by atoms with Gasteiger partial charge in [-0.25, -0.2) is 0 Å². The van der Waals surface area contributed by atoms with Gasteiger partial charge in [0.1, 0.15) is 0 Å². The van der Waals surface area contributed by atoms with Crippen LogP contribution in [0.1, 0.15) is 425 Å². The number of hydrogen-bond acceptors (Lipinski definition) is 5. The molecular weight excluding hydrogens is 1010 g/mol. The molecule has 0 aliphatic rings. The molecule has 6 nitrogen and oxygen atoms in total. The summed E-state index contributed by atoms with van der Waals surface area (Å²) >= 11 is 0. The Morgan fingerprint density at radius 1 is 0.329 bits per heavy atom. The number of nitrogens with one attached hydrogen (secondary N) is 1. The minimum Gasteiger partial charge on any atom is -0.466 e. The molecule has 0 bridgehead atoms. The molecule has 82 heavy (non-hydrogen) atoms. The zero-order valence-electron chi connectivity index (χ0n) is 55.8. The van der Waals surface area contributed by atoms with Gasteiger partial charge in [-0.15, -0.1) is 0 Å². The maximum absolute atomic E-state index is 12.5. The smallest absolute Gasteiger partial charge is 0.305 e. The van der Waals surface area contributed by atoms with Crippen LogP contribution in [-0.4, -0.2) is 47.4 Å². The van der Waals surface area contributed by atoms with Gasteiger partial charge in [0.25, 0.3) is 0 Å². The van der Waals surface area contributed by atoms with E-state index in [0.717, 1.165) is 38.5 Å². The van der Waals surface area contributed by atoms with Crippen LogP contribution in [0.4, 0.5) is 0 Å². The van der Waals surface area contributed by atoms with Gasteiger partial charge in [-0.2, -0.15) is 0 Å². The van der Waals surface area contributed by atoms with Gasteiger partial charge in [0.05, 0.1) is 25.4 Å². The number of allylic oxidation sites excluding steroid dienone is 3. The molecule has 486 valence electrons. The SMILES string of the molecule is CCCCCCCCCCCCCCCCCCCCC/C=C/C(O)C(CO)NC(=O)CCCCCCCCCCCCCCCCC/C=C\CCCCCCCCCCCCCCOC(=O)CCCCCCCCCCCCCCC. The number of carbonyl (C=O) groups is 2. The summed E-state index contributed by atoms with van der Waals surface area (Å²) in [4.78, 5) is 24.6. The lowest BCUT2D eigenvalue weighted by Crippen LogP contribution is -2.45. The predicted molar refractivity (Wildman–Crippen MR) is 361 cm³/mol. The average Bonchev–Trinajstić information content (AvgIpc) is 3.48. The van der Waals surface area contributed by atoms with Crippen molar-refractivity contribution in [1.82, 2.24) is 5.32 Å². The normalized spacial score (nSPS) is 12.6. The van der Waals surface area contributed by atoms with Crippen LogP contribution in [-0.2, 0) is 14.3 Å². The van der Waals surface area contributed by atoms with Crippen LogP contribution in [0.5, 0.6) is 0 Å². The summed E-state index contributed by atoms with van der Waals surface area (Å²) in [7, 11) is 0. The van der Waals surface area contributed by atoms with Crippen LogP contribution in [0, 0.1) is 0 Å². The van der Waals surface area contributed by atoms with E-state index in [9.17, 15) is 19.8 Å². The van der Waals surface area contributed by atoms with E-state index in [1.54, 1.807) is 6.08 Å². The van der Waals surface area contributed by atoms with Crippen molar-refractivity contribution in [3.63, 3.8) is 0 Å². The van der Waals surface area contributed by atoms with Gasteiger partial charge in [-0.3, -0.25) is 9.59 Å². The first kappa shape index (κ1) is 80.3. The van der Waals surface area contributed by atoms with Crippen molar-refractivity contribution in [3.05, 3.63) is 24.3 Å². The summed E-state index contributed by atoms with van der Waals surface area (Å²) in [6, 6.07) is -0.627. The molecule has 0 fully saturated rings. The predicted octanol–water partition coefficient (Wildman–Crippen LogP) is 24.5. The number of amides is 1.